The topological polar surface area (TPSA) is 59.8 Å². The number of carbonyl (C=O) groups excluding carboxylic acids is 1. The molecule has 0 spiro atoms. The van der Waals surface area contributed by atoms with Crippen molar-refractivity contribution in [3.8, 4) is 10.7 Å². The van der Waals surface area contributed by atoms with Crippen LogP contribution >= 0.6 is 11.3 Å². The second-order valence-electron chi connectivity index (χ2n) is 6.16. The summed E-state index contributed by atoms with van der Waals surface area (Å²) in [7, 11) is 0. The van der Waals surface area contributed by atoms with Gasteiger partial charge in [-0.15, -0.1) is 16.4 Å². The summed E-state index contributed by atoms with van der Waals surface area (Å²) in [5.74, 6) is 0.769. The van der Waals surface area contributed by atoms with E-state index in [9.17, 15) is 4.79 Å². The predicted molar refractivity (Wildman–Crippen MR) is 108 cm³/mol. The van der Waals surface area contributed by atoms with Crippen LogP contribution in [0.15, 0.2) is 72.1 Å². The quantitative estimate of drug-likeness (QED) is 0.554. The first kappa shape index (κ1) is 17.2. The molecule has 4 rings (SSSR count). The van der Waals surface area contributed by atoms with Gasteiger partial charge in [0, 0.05) is 12.1 Å². The number of hydrogen-bond donors (Lipinski definition) is 1. The van der Waals surface area contributed by atoms with Gasteiger partial charge in [0.2, 0.25) is 5.95 Å². The van der Waals surface area contributed by atoms with Crippen molar-refractivity contribution in [1.29, 1.82) is 0 Å². The van der Waals surface area contributed by atoms with Crippen molar-refractivity contribution in [2.24, 2.45) is 0 Å². The van der Waals surface area contributed by atoms with E-state index in [0.717, 1.165) is 10.4 Å². The van der Waals surface area contributed by atoms with Gasteiger partial charge in [-0.1, -0.05) is 54.1 Å². The van der Waals surface area contributed by atoms with Crippen molar-refractivity contribution in [2.45, 2.75) is 13.5 Å². The first-order valence-corrected chi connectivity index (χ1v) is 9.49. The number of thiophene rings is 1. The standard InChI is InChI=1S/C21H18N4OS/c1-15-9-11-16(12-10-15)14-22-21-23-19(18-8-5-13-27-18)24-25(21)20(26)17-6-3-2-4-7-17/h2-13H,14H2,1H3,(H,22,23,24). The fourth-order valence-electron chi connectivity index (χ4n) is 2.67. The Labute approximate surface area is 161 Å². The second-order valence-corrected chi connectivity index (χ2v) is 7.11. The zero-order valence-corrected chi connectivity index (χ0v) is 15.6. The zero-order chi connectivity index (χ0) is 18.6. The lowest BCUT2D eigenvalue weighted by molar-refractivity contribution is 0.0947. The van der Waals surface area contributed by atoms with Crippen molar-refractivity contribution in [3.63, 3.8) is 0 Å². The van der Waals surface area contributed by atoms with Crippen molar-refractivity contribution in [2.75, 3.05) is 5.32 Å². The van der Waals surface area contributed by atoms with Crippen LogP contribution in [-0.2, 0) is 6.54 Å². The van der Waals surface area contributed by atoms with Gasteiger partial charge in [0.1, 0.15) is 0 Å². The van der Waals surface area contributed by atoms with Gasteiger partial charge in [-0.3, -0.25) is 4.79 Å². The Hall–Kier alpha value is -3.25. The number of rotatable bonds is 5. The summed E-state index contributed by atoms with van der Waals surface area (Å²) >= 11 is 1.54. The molecule has 0 saturated carbocycles. The largest absolute Gasteiger partial charge is 0.350 e. The molecule has 0 bridgehead atoms. The molecule has 0 aliphatic carbocycles. The molecular weight excluding hydrogens is 356 g/mol. The van der Waals surface area contributed by atoms with E-state index < -0.39 is 0 Å². The van der Waals surface area contributed by atoms with E-state index in [1.807, 2.05) is 35.7 Å². The van der Waals surface area contributed by atoms with E-state index in [4.69, 9.17) is 0 Å². The summed E-state index contributed by atoms with van der Waals surface area (Å²) in [4.78, 5) is 18.4. The fourth-order valence-corrected chi connectivity index (χ4v) is 3.32. The van der Waals surface area contributed by atoms with Crippen LogP contribution in [0, 0.1) is 6.92 Å². The van der Waals surface area contributed by atoms with Gasteiger partial charge >= 0.3 is 0 Å². The SMILES string of the molecule is Cc1ccc(CNc2nc(-c3cccs3)nn2C(=O)c2ccccc2)cc1. The molecule has 2 aromatic heterocycles. The van der Waals surface area contributed by atoms with Crippen LogP contribution in [0.25, 0.3) is 10.7 Å². The van der Waals surface area contributed by atoms with Gasteiger partial charge in [-0.2, -0.15) is 9.67 Å². The summed E-state index contributed by atoms with van der Waals surface area (Å²) in [6.45, 7) is 2.62. The molecule has 0 fully saturated rings. The van der Waals surface area contributed by atoms with Crippen LogP contribution in [0.5, 0.6) is 0 Å². The Morgan fingerprint density at radius 3 is 2.52 bits per heavy atom. The molecule has 6 heteroatoms. The van der Waals surface area contributed by atoms with E-state index in [1.165, 1.54) is 10.2 Å². The van der Waals surface area contributed by atoms with E-state index in [2.05, 4.69) is 46.6 Å². The number of aryl methyl sites for hydroxylation is 1. The van der Waals surface area contributed by atoms with E-state index in [0.29, 0.717) is 23.9 Å². The fraction of sp³-hybridized carbons (Fsp3) is 0.0952. The summed E-state index contributed by atoms with van der Waals surface area (Å²) < 4.78 is 1.35. The normalized spacial score (nSPS) is 10.7. The van der Waals surface area contributed by atoms with Gasteiger partial charge in [0.25, 0.3) is 5.91 Å². The highest BCUT2D eigenvalue weighted by molar-refractivity contribution is 7.13. The molecule has 1 N–H and O–H groups in total. The Morgan fingerprint density at radius 1 is 1.04 bits per heavy atom. The lowest BCUT2D eigenvalue weighted by Crippen LogP contribution is -2.17. The van der Waals surface area contributed by atoms with E-state index in [-0.39, 0.29) is 5.91 Å². The average Bonchev–Trinajstić information content (AvgIpc) is 3.37. The van der Waals surface area contributed by atoms with E-state index in [1.54, 1.807) is 23.5 Å². The first-order chi connectivity index (χ1) is 13.2. The van der Waals surface area contributed by atoms with E-state index >= 15 is 0 Å². The average molecular weight is 374 g/mol. The number of anilines is 1. The molecular formula is C21H18N4OS. The lowest BCUT2D eigenvalue weighted by atomic mass is 10.1. The Morgan fingerprint density at radius 2 is 1.81 bits per heavy atom. The minimum atomic E-state index is -0.211. The molecule has 4 aromatic rings. The smallest absolute Gasteiger partial charge is 0.281 e. The molecule has 0 radical (unpaired) electrons. The molecule has 27 heavy (non-hydrogen) atoms. The molecule has 0 saturated heterocycles. The van der Waals surface area contributed by atoms with Crippen LogP contribution in [0.2, 0.25) is 0 Å². The maximum absolute atomic E-state index is 12.9. The van der Waals surface area contributed by atoms with Crippen molar-refractivity contribution >= 4 is 23.2 Å². The van der Waals surface area contributed by atoms with Crippen molar-refractivity contribution in [3.05, 3.63) is 88.8 Å². The minimum absolute atomic E-state index is 0.211. The number of carbonyl (C=O) groups is 1. The second kappa shape index (κ2) is 7.55. The highest BCUT2D eigenvalue weighted by Crippen LogP contribution is 2.23. The maximum Gasteiger partial charge on any atom is 0.281 e. The Balaban J connectivity index is 1.66. The lowest BCUT2D eigenvalue weighted by Gasteiger charge is -2.07. The summed E-state index contributed by atoms with van der Waals surface area (Å²) in [6, 6.07) is 21.2. The molecule has 2 aromatic carbocycles. The third-order valence-electron chi connectivity index (χ3n) is 4.13. The summed E-state index contributed by atoms with van der Waals surface area (Å²) in [5, 5.41) is 9.68. The third-order valence-corrected chi connectivity index (χ3v) is 5.00. The molecule has 0 unspecified atom stereocenters. The summed E-state index contributed by atoms with van der Waals surface area (Å²) in [6.07, 6.45) is 0. The van der Waals surface area contributed by atoms with Crippen molar-refractivity contribution in [1.82, 2.24) is 14.8 Å². The van der Waals surface area contributed by atoms with Crippen LogP contribution in [0.1, 0.15) is 21.5 Å². The molecule has 2 heterocycles. The molecule has 5 nitrogen and oxygen atoms in total. The summed E-state index contributed by atoms with van der Waals surface area (Å²) in [5.41, 5.74) is 2.89. The van der Waals surface area contributed by atoms with Crippen LogP contribution in [-0.4, -0.2) is 20.7 Å². The monoisotopic (exact) mass is 374 g/mol. The van der Waals surface area contributed by atoms with Gasteiger partial charge in [0.05, 0.1) is 4.88 Å². The van der Waals surface area contributed by atoms with Gasteiger partial charge < -0.3 is 5.32 Å². The Bertz CT molecular complexity index is 1040. The number of nitrogens with zero attached hydrogens (tertiary/aromatic N) is 3. The Kier molecular flexibility index (Phi) is 4.80. The minimum Gasteiger partial charge on any atom is -0.350 e. The van der Waals surface area contributed by atoms with Crippen LogP contribution in [0.3, 0.4) is 0 Å². The van der Waals surface area contributed by atoms with Gasteiger partial charge in [0.15, 0.2) is 5.82 Å². The molecule has 0 aliphatic rings. The highest BCUT2D eigenvalue weighted by atomic mass is 32.1. The number of benzene rings is 2. The molecule has 0 amide bonds. The van der Waals surface area contributed by atoms with Crippen LogP contribution < -0.4 is 5.32 Å². The van der Waals surface area contributed by atoms with Crippen LogP contribution in [0.4, 0.5) is 5.95 Å². The highest BCUT2D eigenvalue weighted by Gasteiger charge is 2.19. The molecule has 134 valence electrons. The van der Waals surface area contributed by atoms with Crippen molar-refractivity contribution < 1.29 is 4.79 Å². The number of hydrogen-bond acceptors (Lipinski definition) is 5. The predicted octanol–water partition coefficient (Wildman–Crippen LogP) is 4.62. The van der Waals surface area contributed by atoms with Gasteiger partial charge in [-0.25, -0.2) is 0 Å². The molecule has 0 aliphatic heterocycles. The van der Waals surface area contributed by atoms with Gasteiger partial charge in [-0.05, 0) is 36.1 Å². The maximum atomic E-state index is 12.9. The third kappa shape index (κ3) is 3.80. The molecule has 0 atom stereocenters. The number of aromatic nitrogens is 3. The first-order valence-electron chi connectivity index (χ1n) is 8.61. The number of nitrogens with one attached hydrogen (secondary N) is 1. The zero-order valence-electron chi connectivity index (χ0n) is 14.8.